The molecule has 0 saturated carbocycles. The molecule has 0 aliphatic rings. The zero-order chi connectivity index (χ0) is 15.1. The van der Waals surface area contributed by atoms with Gasteiger partial charge >= 0.3 is 7.82 Å². The molecule has 1 amide bonds. The molecule has 0 aliphatic carbocycles. The minimum absolute atomic E-state index is 0.0759. The van der Waals surface area contributed by atoms with Crippen molar-refractivity contribution in [2.45, 2.75) is 13.3 Å². The van der Waals surface area contributed by atoms with Crippen LogP contribution in [0.5, 0.6) is 11.5 Å². The van der Waals surface area contributed by atoms with Crippen molar-refractivity contribution in [1.82, 2.24) is 5.32 Å². The highest BCUT2D eigenvalue weighted by atomic mass is 31.2. The van der Waals surface area contributed by atoms with E-state index in [1.165, 1.54) is 19.1 Å². The number of amides is 1. The smallest absolute Gasteiger partial charge is 0.466 e. The Bertz CT molecular complexity index is 463. The lowest BCUT2D eigenvalue weighted by molar-refractivity contribution is -0.118. The monoisotopic (exact) mass is 293 g/mol. The number of carbonyl (C=O) groups is 1. The van der Waals surface area contributed by atoms with E-state index in [4.69, 9.17) is 24.4 Å². The van der Waals surface area contributed by atoms with E-state index in [-0.39, 0.29) is 17.4 Å². The summed E-state index contributed by atoms with van der Waals surface area (Å²) in [5.74, 6) is -0.341. The first-order chi connectivity index (χ1) is 8.59. The van der Waals surface area contributed by atoms with Gasteiger partial charge in [-0.2, -0.15) is 0 Å². The van der Waals surface area contributed by atoms with Crippen LogP contribution in [0.1, 0.15) is 12.5 Å². The van der Waals surface area contributed by atoms with Gasteiger partial charge in [0.1, 0.15) is 0 Å². The Morgan fingerprint density at radius 2 is 1.74 bits per heavy atom. The minimum atomic E-state index is -4.64. The van der Waals surface area contributed by atoms with E-state index in [1.807, 2.05) is 0 Å². The molecule has 0 heterocycles. The Kier molecular flexibility index (Phi) is 7.10. The predicted octanol–water partition coefficient (Wildman–Crippen LogP) is -0.152. The molecule has 1 aromatic carbocycles. The van der Waals surface area contributed by atoms with Crippen molar-refractivity contribution in [3.05, 3.63) is 23.8 Å². The van der Waals surface area contributed by atoms with Crippen LogP contribution in [0.25, 0.3) is 0 Å². The number of hydrogen-bond acceptors (Lipinski definition) is 4. The van der Waals surface area contributed by atoms with E-state index >= 15 is 0 Å². The summed E-state index contributed by atoms with van der Waals surface area (Å²) < 4.78 is 8.88. The Morgan fingerprint density at radius 1 is 1.21 bits per heavy atom. The van der Waals surface area contributed by atoms with Gasteiger partial charge in [-0.25, -0.2) is 4.57 Å². The molecule has 0 radical (unpaired) electrons. The van der Waals surface area contributed by atoms with Crippen LogP contribution in [0.3, 0.4) is 0 Å². The molecule has 0 aromatic heterocycles. The van der Waals surface area contributed by atoms with Gasteiger partial charge in [-0.05, 0) is 24.1 Å². The van der Waals surface area contributed by atoms with Crippen LogP contribution in [0.4, 0.5) is 0 Å². The summed E-state index contributed by atoms with van der Waals surface area (Å²) in [6.45, 7) is 1.98. The van der Waals surface area contributed by atoms with Crippen LogP contribution in [0, 0.1) is 0 Å². The number of phosphoric acid groups is 1. The van der Waals surface area contributed by atoms with Gasteiger partial charge in [0.15, 0.2) is 11.5 Å². The number of aromatic hydroxyl groups is 2. The highest BCUT2D eigenvalue weighted by molar-refractivity contribution is 7.45. The highest BCUT2D eigenvalue weighted by Gasteiger charge is 2.01. The molecule has 0 spiro atoms. The van der Waals surface area contributed by atoms with E-state index in [2.05, 4.69) is 5.32 Å². The van der Waals surface area contributed by atoms with E-state index in [1.54, 1.807) is 6.07 Å². The van der Waals surface area contributed by atoms with Crippen molar-refractivity contribution in [1.29, 1.82) is 0 Å². The zero-order valence-corrected chi connectivity index (χ0v) is 11.0. The number of rotatable bonds is 3. The summed E-state index contributed by atoms with van der Waals surface area (Å²) in [5.41, 5.74) is 0.869. The number of benzene rings is 1. The molecular weight excluding hydrogens is 277 g/mol. The summed E-state index contributed by atoms with van der Waals surface area (Å²) in [4.78, 5) is 32.1. The van der Waals surface area contributed by atoms with Gasteiger partial charge in [-0.3, -0.25) is 4.79 Å². The van der Waals surface area contributed by atoms with Gasteiger partial charge in [0.05, 0.1) is 0 Å². The third kappa shape index (κ3) is 11.2. The maximum Gasteiger partial charge on any atom is 0.466 e. The average Bonchev–Trinajstić information content (AvgIpc) is 2.20. The van der Waals surface area contributed by atoms with Crippen molar-refractivity contribution in [3.8, 4) is 11.5 Å². The molecule has 0 atom stereocenters. The fourth-order valence-electron chi connectivity index (χ4n) is 1.11. The van der Waals surface area contributed by atoms with Crippen molar-refractivity contribution >= 4 is 13.7 Å². The second-order valence-corrected chi connectivity index (χ2v) is 4.60. The normalized spacial score (nSPS) is 10.3. The molecule has 0 fully saturated rings. The van der Waals surface area contributed by atoms with E-state index < -0.39 is 7.82 Å². The fourth-order valence-corrected chi connectivity index (χ4v) is 1.11. The summed E-state index contributed by atoms with van der Waals surface area (Å²) in [6.07, 6.45) is 0.632. The molecule has 6 N–H and O–H groups in total. The van der Waals surface area contributed by atoms with Crippen molar-refractivity contribution in [2.75, 3.05) is 6.54 Å². The molecule has 0 aliphatic heterocycles. The molecule has 1 rings (SSSR count). The summed E-state index contributed by atoms with van der Waals surface area (Å²) in [6, 6.07) is 4.62. The Balaban J connectivity index is 0.000000555. The van der Waals surface area contributed by atoms with Crippen molar-refractivity contribution in [3.63, 3.8) is 0 Å². The number of carbonyl (C=O) groups excluding carboxylic acids is 1. The standard InChI is InChI=1S/C10H13NO3.H3O4P/c1-7(12)11-5-4-8-2-3-9(13)10(14)6-8;1-5(2,3)4/h2-3,6,13-14H,4-5H2,1H3,(H,11,12);(H3,1,2,3,4). The second-order valence-electron chi connectivity index (χ2n) is 3.57. The van der Waals surface area contributed by atoms with Crippen LogP contribution in [0.15, 0.2) is 18.2 Å². The minimum Gasteiger partial charge on any atom is -0.504 e. The van der Waals surface area contributed by atoms with E-state index in [9.17, 15) is 9.90 Å². The summed E-state index contributed by atoms with van der Waals surface area (Å²) in [5, 5.41) is 20.9. The molecule has 0 unspecified atom stereocenters. The molecule has 0 saturated heterocycles. The molecule has 108 valence electrons. The summed E-state index contributed by atoms with van der Waals surface area (Å²) >= 11 is 0. The van der Waals surface area contributed by atoms with Gasteiger partial charge in [-0.1, -0.05) is 6.07 Å². The molecule has 0 bridgehead atoms. The Hall–Kier alpha value is -1.60. The van der Waals surface area contributed by atoms with E-state index in [0.717, 1.165) is 5.56 Å². The van der Waals surface area contributed by atoms with Gasteiger partial charge in [0.2, 0.25) is 5.91 Å². The van der Waals surface area contributed by atoms with Gasteiger partial charge in [0, 0.05) is 13.5 Å². The second kappa shape index (κ2) is 7.75. The van der Waals surface area contributed by atoms with Crippen molar-refractivity contribution in [2.24, 2.45) is 0 Å². The molecule has 9 heteroatoms. The zero-order valence-electron chi connectivity index (χ0n) is 10.1. The van der Waals surface area contributed by atoms with Crippen molar-refractivity contribution < 1.29 is 34.3 Å². The number of hydrogen-bond donors (Lipinski definition) is 6. The number of nitrogens with one attached hydrogen (secondary N) is 1. The molecule has 8 nitrogen and oxygen atoms in total. The van der Waals surface area contributed by atoms with Crippen LogP contribution >= 0.6 is 7.82 Å². The quantitative estimate of drug-likeness (QED) is 0.335. The lowest BCUT2D eigenvalue weighted by atomic mass is 10.1. The molecular formula is C10H16NO7P. The highest BCUT2D eigenvalue weighted by Crippen LogP contribution is 2.26. The van der Waals surface area contributed by atoms with Gasteiger partial charge in [-0.15, -0.1) is 0 Å². The lowest BCUT2D eigenvalue weighted by Gasteiger charge is -2.04. The molecule has 19 heavy (non-hydrogen) atoms. The fraction of sp³-hybridized carbons (Fsp3) is 0.300. The lowest BCUT2D eigenvalue weighted by Crippen LogP contribution is -2.22. The first kappa shape index (κ1) is 17.4. The number of phenols is 2. The topological polar surface area (TPSA) is 147 Å². The van der Waals surface area contributed by atoms with Gasteiger partial charge < -0.3 is 30.2 Å². The largest absolute Gasteiger partial charge is 0.504 e. The van der Waals surface area contributed by atoms with Crippen LogP contribution < -0.4 is 5.32 Å². The molecule has 1 aromatic rings. The first-order valence-electron chi connectivity index (χ1n) is 5.13. The van der Waals surface area contributed by atoms with Gasteiger partial charge in [0.25, 0.3) is 0 Å². The maximum atomic E-state index is 10.6. The SMILES string of the molecule is CC(=O)NCCc1ccc(O)c(O)c1.O=P(O)(O)O. The third-order valence-electron chi connectivity index (χ3n) is 1.83. The Labute approximate surface area is 109 Å². The van der Waals surface area contributed by atoms with Crippen LogP contribution in [-0.2, 0) is 15.8 Å². The van der Waals surface area contributed by atoms with E-state index in [0.29, 0.717) is 13.0 Å². The number of phenolic OH excluding ortho intramolecular Hbond substituents is 2. The third-order valence-corrected chi connectivity index (χ3v) is 1.83. The van der Waals surface area contributed by atoms with Crippen LogP contribution in [-0.4, -0.2) is 37.3 Å². The van der Waals surface area contributed by atoms with Crippen LogP contribution in [0.2, 0.25) is 0 Å². The predicted molar refractivity (Wildman–Crippen MR) is 66.4 cm³/mol. The Morgan fingerprint density at radius 3 is 2.16 bits per heavy atom. The maximum absolute atomic E-state index is 10.6. The summed E-state index contributed by atoms with van der Waals surface area (Å²) in [7, 11) is -4.64. The first-order valence-corrected chi connectivity index (χ1v) is 6.69. The average molecular weight is 293 g/mol.